The molecule has 4 nitrogen and oxygen atoms in total. The SMILES string of the molecule is C=CCOc1ccc(CN(C)CC(=O)Nc2c(C)cccc2CC)cc1. The van der Waals surface area contributed by atoms with Gasteiger partial charge in [0.15, 0.2) is 0 Å². The van der Waals surface area contributed by atoms with Crippen LogP contribution in [0.2, 0.25) is 0 Å². The van der Waals surface area contributed by atoms with E-state index in [1.807, 2.05) is 55.3 Å². The van der Waals surface area contributed by atoms with Crippen LogP contribution in [0.1, 0.15) is 23.6 Å². The fourth-order valence-electron chi connectivity index (χ4n) is 2.84. The molecule has 0 aliphatic rings. The number of likely N-dealkylation sites (N-methyl/N-ethyl adjacent to an activating group) is 1. The molecule has 2 rings (SSSR count). The zero-order valence-electron chi connectivity index (χ0n) is 15.9. The molecule has 0 saturated carbocycles. The molecule has 138 valence electrons. The summed E-state index contributed by atoms with van der Waals surface area (Å²) in [5.41, 5.74) is 4.33. The Bertz CT molecular complexity index is 738. The summed E-state index contributed by atoms with van der Waals surface area (Å²) >= 11 is 0. The Morgan fingerprint density at radius 1 is 1.23 bits per heavy atom. The molecule has 0 aliphatic carbocycles. The first kappa shape index (κ1) is 19.7. The van der Waals surface area contributed by atoms with Crippen LogP contribution >= 0.6 is 0 Å². The molecule has 0 unspecified atom stereocenters. The van der Waals surface area contributed by atoms with Crippen molar-refractivity contribution >= 4 is 11.6 Å². The van der Waals surface area contributed by atoms with Gasteiger partial charge in [-0.3, -0.25) is 9.69 Å². The van der Waals surface area contributed by atoms with Crippen LogP contribution in [0.4, 0.5) is 5.69 Å². The van der Waals surface area contributed by atoms with E-state index < -0.39 is 0 Å². The van der Waals surface area contributed by atoms with Crippen LogP contribution in [0, 0.1) is 6.92 Å². The van der Waals surface area contributed by atoms with Gasteiger partial charge in [-0.05, 0) is 49.2 Å². The summed E-state index contributed by atoms with van der Waals surface area (Å²) in [6.07, 6.45) is 2.62. The van der Waals surface area contributed by atoms with Crippen molar-refractivity contribution < 1.29 is 9.53 Å². The number of hydrogen-bond donors (Lipinski definition) is 1. The number of nitrogens with one attached hydrogen (secondary N) is 1. The molecule has 0 aromatic heterocycles. The van der Waals surface area contributed by atoms with E-state index in [9.17, 15) is 4.79 Å². The van der Waals surface area contributed by atoms with E-state index in [1.54, 1.807) is 6.08 Å². The molecule has 4 heteroatoms. The summed E-state index contributed by atoms with van der Waals surface area (Å²) in [5, 5.41) is 3.07. The number of rotatable bonds is 9. The van der Waals surface area contributed by atoms with Gasteiger partial charge in [0.2, 0.25) is 5.91 Å². The summed E-state index contributed by atoms with van der Waals surface area (Å²) in [7, 11) is 1.94. The second kappa shape index (κ2) is 9.78. The fourth-order valence-corrected chi connectivity index (χ4v) is 2.84. The van der Waals surface area contributed by atoms with E-state index in [0.717, 1.165) is 34.5 Å². The Hall–Kier alpha value is -2.59. The van der Waals surface area contributed by atoms with Gasteiger partial charge in [-0.2, -0.15) is 0 Å². The predicted octanol–water partition coefficient (Wildman–Crippen LogP) is 4.19. The quantitative estimate of drug-likeness (QED) is 0.688. The largest absolute Gasteiger partial charge is 0.490 e. The molecular formula is C22H28N2O2. The van der Waals surface area contributed by atoms with Crippen molar-refractivity contribution in [2.75, 3.05) is 25.5 Å². The number of aryl methyl sites for hydroxylation is 2. The Balaban J connectivity index is 1.90. The molecule has 1 amide bonds. The molecule has 0 fully saturated rings. The van der Waals surface area contributed by atoms with Gasteiger partial charge in [-0.15, -0.1) is 0 Å². The number of carbonyl (C=O) groups is 1. The van der Waals surface area contributed by atoms with Crippen LogP contribution < -0.4 is 10.1 Å². The third-order valence-electron chi connectivity index (χ3n) is 4.16. The standard InChI is InChI=1S/C22H28N2O2/c1-5-14-26-20-12-10-18(11-13-20)15-24(4)16-21(25)23-22-17(3)8-7-9-19(22)6-2/h5,7-13H,1,6,14-16H2,2-4H3,(H,23,25). The van der Waals surface area contributed by atoms with Crippen molar-refractivity contribution in [3.05, 3.63) is 71.8 Å². The molecular weight excluding hydrogens is 324 g/mol. The maximum absolute atomic E-state index is 12.4. The van der Waals surface area contributed by atoms with Crippen molar-refractivity contribution in [1.82, 2.24) is 4.90 Å². The molecule has 0 spiro atoms. The minimum atomic E-state index is 0.00226. The fraction of sp³-hybridized carbons (Fsp3) is 0.318. The molecule has 26 heavy (non-hydrogen) atoms. The summed E-state index contributed by atoms with van der Waals surface area (Å²) < 4.78 is 5.48. The number of benzene rings is 2. The summed E-state index contributed by atoms with van der Waals surface area (Å²) in [4.78, 5) is 14.4. The molecule has 0 saturated heterocycles. The lowest BCUT2D eigenvalue weighted by atomic mass is 10.1. The van der Waals surface area contributed by atoms with Crippen LogP contribution in [-0.2, 0) is 17.8 Å². The van der Waals surface area contributed by atoms with E-state index in [-0.39, 0.29) is 5.91 Å². The topological polar surface area (TPSA) is 41.6 Å². The normalized spacial score (nSPS) is 10.6. The highest BCUT2D eigenvalue weighted by Gasteiger charge is 2.11. The van der Waals surface area contributed by atoms with Crippen LogP contribution in [0.5, 0.6) is 5.75 Å². The average Bonchev–Trinajstić information content (AvgIpc) is 2.62. The number of nitrogens with zero attached hydrogens (tertiary/aromatic N) is 1. The smallest absolute Gasteiger partial charge is 0.238 e. The Morgan fingerprint density at radius 3 is 2.62 bits per heavy atom. The molecule has 1 N–H and O–H groups in total. The first-order chi connectivity index (χ1) is 12.5. The minimum Gasteiger partial charge on any atom is -0.490 e. The second-order valence-corrected chi connectivity index (χ2v) is 6.43. The van der Waals surface area contributed by atoms with Gasteiger partial charge in [0.1, 0.15) is 12.4 Å². The van der Waals surface area contributed by atoms with Gasteiger partial charge in [0.05, 0.1) is 6.54 Å². The molecule has 0 aliphatic heterocycles. The Labute approximate surface area is 156 Å². The number of amides is 1. The molecule has 0 heterocycles. The monoisotopic (exact) mass is 352 g/mol. The van der Waals surface area contributed by atoms with Crippen molar-refractivity contribution in [3.8, 4) is 5.75 Å². The number of hydrogen-bond acceptors (Lipinski definition) is 3. The van der Waals surface area contributed by atoms with Crippen LogP contribution in [0.25, 0.3) is 0 Å². The van der Waals surface area contributed by atoms with E-state index in [4.69, 9.17) is 4.74 Å². The lowest BCUT2D eigenvalue weighted by Gasteiger charge is -2.18. The highest BCUT2D eigenvalue weighted by Crippen LogP contribution is 2.21. The molecule has 2 aromatic rings. The number of para-hydroxylation sites is 1. The van der Waals surface area contributed by atoms with Gasteiger partial charge in [0, 0.05) is 12.2 Å². The molecule has 2 aromatic carbocycles. The second-order valence-electron chi connectivity index (χ2n) is 6.43. The van der Waals surface area contributed by atoms with Crippen LogP contribution in [-0.4, -0.2) is 31.0 Å². The highest BCUT2D eigenvalue weighted by atomic mass is 16.5. The van der Waals surface area contributed by atoms with Gasteiger partial charge < -0.3 is 10.1 Å². The van der Waals surface area contributed by atoms with Crippen molar-refractivity contribution in [2.24, 2.45) is 0 Å². The van der Waals surface area contributed by atoms with E-state index >= 15 is 0 Å². The van der Waals surface area contributed by atoms with Crippen LogP contribution in [0.3, 0.4) is 0 Å². The third kappa shape index (κ3) is 5.74. The van der Waals surface area contributed by atoms with Gasteiger partial charge in [-0.1, -0.05) is 49.9 Å². The minimum absolute atomic E-state index is 0.00226. The first-order valence-electron chi connectivity index (χ1n) is 8.93. The summed E-state index contributed by atoms with van der Waals surface area (Å²) in [6.45, 7) is 9.29. The van der Waals surface area contributed by atoms with E-state index in [2.05, 4.69) is 24.9 Å². The van der Waals surface area contributed by atoms with Crippen molar-refractivity contribution in [2.45, 2.75) is 26.8 Å². The maximum atomic E-state index is 12.4. The lowest BCUT2D eigenvalue weighted by molar-refractivity contribution is -0.117. The maximum Gasteiger partial charge on any atom is 0.238 e. The van der Waals surface area contributed by atoms with E-state index in [1.165, 1.54) is 0 Å². The third-order valence-corrected chi connectivity index (χ3v) is 4.16. The highest BCUT2D eigenvalue weighted by molar-refractivity contribution is 5.93. The first-order valence-corrected chi connectivity index (χ1v) is 8.93. The lowest BCUT2D eigenvalue weighted by Crippen LogP contribution is -2.30. The average molecular weight is 352 g/mol. The van der Waals surface area contributed by atoms with E-state index in [0.29, 0.717) is 19.7 Å². The van der Waals surface area contributed by atoms with Gasteiger partial charge in [-0.25, -0.2) is 0 Å². The molecule has 0 bridgehead atoms. The number of anilines is 1. The zero-order chi connectivity index (χ0) is 18.9. The predicted molar refractivity (Wildman–Crippen MR) is 108 cm³/mol. The van der Waals surface area contributed by atoms with Gasteiger partial charge in [0.25, 0.3) is 0 Å². The summed E-state index contributed by atoms with van der Waals surface area (Å²) in [5.74, 6) is 0.822. The van der Waals surface area contributed by atoms with Crippen molar-refractivity contribution in [3.63, 3.8) is 0 Å². The zero-order valence-corrected chi connectivity index (χ0v) is 15.9. The Morgan fingerprint density at radius 2 is 1.96 bits per heavy atom. The van der Waals surface area contributed by atoms with Crippen LogP contribution in [0.15, 0.2) is 55.1 Å². The van der Waals surface area contributed by atoms with Crippen molar-refractivity contribution in [1.29, 1.82) is 0 Å². The Kier molecular flexibility index (Phi) is 7.42. The molecule has 0 atom stereocenters. The molecule has 0 radical (unpaired) electrons. The number of carbonyl (C=O) groups excluding carboxylic acids is 1. The summed E-state index contributed by atoms with van der Waals surface area (Å²) in [6, 6.07) is 14.0. The number of ether oxygens (including phenoxy) is 1. The van der Waals surface area contributed by atoms with Gasteiger partial charge >= 0.3 is 0 Å².